The third kappa shape index (κ3) is 1.41. The van der Waals surface area contributed by atoms with Gasteiger partial charge in [0.15, 0.2) is 0 Å². The van der Waals surface area contributed by atoms with Crippen molar-refractivity contribution in [2.75, 3.05) is 0 Å². The van der Waals surface area contributed by atoms with E-state index in [0.717, 1.165) is 0 Å². The quantitative estimate of drug-likeness (QED) is 0.515. The van der Waals surface area contributed by atoms with Crippen molar-refractivity contribution in [2.45, 2.75) is 44.7 Å². The van der Waals surface area contributed by atoms with Crippen molar-refractivity contribution in [3.8, 4) is 11.8 Å². The molecule has 0 amide bonds. The van der Waals surface area contributed by atoms with Crippen LogP contribution in [-0.2, 0) is 0 Å². The van der Waals surface area contributed by atoms with Gasteiger partial charge in [0.05, 0.1) is 6.04 Å². The molecule has 1 aliphatic heterocycles. The van der Waals surface area contributed by atoms with Gasteiger partial charge in [0.1, 0.15) is 0 Å². The Hall–Kier alpha value is -0.480. The summed E-state index contributed by atoms with van der Waals surface area (Å²) >= 11 is 0. The number of hydrogen-bond acceptors (Lipinski definition) is 1. The van der Waals surface area contributed by atoms with E-state index < -0.39 is 0 Å². The Balaban J connectivity index is 2.09. The smallest absolute Gasteiger partial charge is 0.0663 e. The molecule has 3 atom stereocenters. The number of rotatable bonds is 0. The highest BCUT2D eigenvalue weighted by molar-refractivity contribution is 5.17. The minimum Gasteiger partial charge on any atom is -0.300 e. The molecule has 1 heterocycles. The number of fused-ring (bicyclic) bond motifs is 1. The Bertz CT molecular complexity index is 199. The SMILES string of the molecule is C[C@H]1C#C[C@H]2CCCCC2N1. The average Bonchev–Trinajstić information content (AvgIpc) is 2.04. The fourth-order valence-corrected chi connectivity index (χ4v) is 2.10. The van der Waals surface area contributed by atoms with E-state index in [0.29, 0.717) is 18.0 Å². The summed E-state index contributed by atoms with van der Waals surface area (Å²) in [5.74, 6) is 7.24. The first-order valence-corrected chi connectivity index (χ1v) is 4.63. The molecule has 0 radical (unpaired) electrons. The molecule has 0 bridgehead atoms. The van der Waals surface area contributed by atoms with Crippen molar-refractivity contribution in [1.82, 2.24) is 5.32 Å². The highest BCUT2D eigenvalue weighted by atomic mass is 15.0. The summed E-state index contributed by atoms with van der Waals surface area (Å²) in [4.78, 5) is 0. The molecule has 0 saturated heterocycles. The van der Waals surface area contributed by atoms with Crippen LogP contribution in [0.2, 0.25) is 0 Å². The molecule has 1 heteroatoms. The summed E-state index contributed by atoms with van der Waals surface area (Å²) in [5, 5.41) is 3.54. The minimum absolute atomic E-state index is 0.425. The van der Waals surface area contributed by atoms with Crippen LogP contribution in [0.3, 0.4) is 0 Å². The monoisotopic (exact) mass is 149 g/mol. The molecule has 1 saturated carbocycles. The summed E-state index contributed by atoms with van der Waals surface area (Å²) < 4.78 is 0. The third-order valence-corrected chi connectivity index (χ3v) is 2.72. The molecular formula is C10H15N. The van der Waals surface area contributed by atoms with E-state index in [2.05, 4.69) is 24.1 Å². The Kier molecular flexibility index (Phi) is 1.87. The number of hydrogen-bond donors (Lipinski definition) is 1. The lowest BCUT2D eigenvalue weighted by molar-refractivity contribution is 0.299. The van der Waals surface area contributed by atoms with Crippen molar-refractivity contribution in [3.05, 3.63) is 0 Å². The Labute approximate surface area is 68.6 Å². The van der Waals surface area contributed by atoms with Crippen molar-refractivity contribution in [3.63, 3.8) is 0 Å². The summed E-state index contributed by atoms with van der Waals surface area (Å²) in [6.45, 7) is 2.15. The second-order valence-electron chi connectivity index (χ2n) is 3.67. The molecule has 0 aromatic carbocycles. The van der Waals surface area contributed by atoms with Crippen molar-refractivity contribution in [2.24, 2.45) is 5.92 Å². The van der Waals surface area contributed by atoms with Crippen LogP contribution >= 0.6 is 0 Å². The van der Waals surface area contributed by atoms with Gasteiger partial charge in [-0.1, -0.05) is 24.7 Å². The normalized spacial score (nSPS) is 42.1. The van der Waals surface area contributed by atoms with Crippen LogP contribution in [0.15, 0.2) is 0 Å². The maximum atomic E-state index is 3.54. The van der Waals surface area contributed by atoms with Crippen LogP contribution in [0.1, 0.15) is 32.6 Å². The van der Waals surface area contributed by atoms with E-state index >= 15 is 0 Å². The topological polar surface area (TPSA) is 12.0 Å². The Morgan fingerprint density at radius 3 is 2.91 bits per heavy atom. The lowest BCUT2D eigenvalue weighted by atomic mass is 9.83. The maximum absolute atomic E-state index is 3.54. The third-order valence-electron chi connectivity index (χ3n) is 2.72. The molecule has 1 fully saturated rings. The van der Waals surface area contributed by atoms with Crippen LogP contribution in [0.25, 0.3) is 0 Å². The average molecular weight is 149 g/mol. The van der Waals surface area contributed by atoms with Crippen molar-refractivity contribution in [1.29, 1.82) is 0 Å². The largest absolute Gasteiger partial charge is 0.300 e. The molecule has 0 aromatic rings. The molecule has 1 aliphatic carbocycles. The lowest BCUT2D eigenvalue weighted by Crippen LogP contribution is -2.44. The molecule has 1 unspecified atom stereocenters. The first-order chi connectivity index (χ1) is 5.36. The summed E-state index contributed by atoms with van der Waals surface area (Å²) in [6.07, 6.45) is 5.43. The predicted octanol–water partition coefficient (Wildman–Crippen LogP) is 1.54. The molecule has 2 aliphatic rings. The molecule has 0 spiro atoms. The van der Waals surface area contributed by atoms with E-state index in [1.807, 2.05) is 0 Å². The van der Waals surface area contributed by atoms with Gasteiger partial charge in [0.25, 0.3) is 0 Å². The van der Waals surface area contributed by atoms with Crippen LogP contribution in [0.5, 0.6) is 0 Å². The first-order valence-electron chi connectivity index (χ1n) is 4.63. The molecule has 60 valence electrons. The fraction of sp³-hybridized carbons (Fsp3) is 0.800. The van der Waals surface area contributed by atoms with Gasteiger partial charge in [-0.25, -0.2) is 0 Å². The fourth-order valence-electron chi connectivity index (χ4n) is 2.10. The Morgan fingerprint density at radius 2 is 2.00 bits per heavy atom. The van der Waals surface area contributed by atoms with Gasteiger partial charge in [-0.2, -0.15) is 0 Å². The van der Waals surface area contributed by atoms with Crippen LogP contribution < -0.4 is 5.32 Å². The molecule has 11 heavy (non-hydrogen) atoms. The van der Waals surface area contributed by atoms with E-state index in [9.17, 15) is 0 Å². The highest BCUT2D eigenvalue weighted by Crippen LogP contribution is 2.25. The van der Waals surface area contributed by atoms with Gasteiger partial charge in [-0.3, -0.25) is 5.32 Å². The number of nitrogens with one attached hydrogen (secondary N) is 1. The van der Waals surface area contributed by atoms with Crippen LogP contribution in [-0.4, -0.2) is 12.1 Å². The zero-order valence-corrected chi connectivity index (χ0v) is 7.06. The van der Waals surface area contributed by atoms with Crippen molar-refractivity contribution < 1.29 is 0 Å². The molecule has 1 nitrogen and oxygen atoms in total. The predicted molar refractivity (Wildman–Crippen MR) is 46.1 cm³/mol. The van der Waals surface area contributed by atoms with E-state index in [1.165, 1.54) is 25.7 Å². The van der Waals surface area contributed by atoms with E-state index in [-0.39, 0.29) is 0 Å². The Morgan fingerprint density at radius 1 is 1.18 bits per heavy atom. The standard InChI is InChI=1S/C10H15N/c1-8-6-7-9-4-2-3-5-10(9)11-8/h8-11H,2-5H2,1H3/t8-,9+,10?/m0/s1. The maximum Gasteiger partial charge on any atom is 0.0663 e. The summed E-state index contributed by atoms with van der Waals surface area (Å²) in [7, 11) is 0. The van der Waals surface area contributed by atoms with Crippen LogP contribution in [0.4, 0.5) is 0 Å². The summed E-state index contributed by atoms with van der Waals surface area (Å²) in [6, 6.07) is 1.13. The zero-order chi connectivity index (χ0) is 7.68. The highest BCUT2D eigenvalue weighted by Gasteiger charge is 2.26. The van der Waals surface area contributed by atoms with Gasteiger partial charge in [-0.05, 0) is 19.8 Å². The van der Waals surface area contributed by atoms with Crippen molar-refractivity contribution >= 4 is 0 Å². The molecule has 1 N–H and O–H groups in total. The second-order valence-corrected chi connectivity index (χ2v) is 3.67. The first kappa shape index (κ1) is 7.18. The molecule has 0 aromatic heterocycles. The van der Waals surface area contributed by atoms with Crippen LogP contribution in [0, 0.1) is 17.8 Å². The second kappa shape index (κ2) is 2.87. The summed E-state index contributed by atoms with van der Waals surface area (Å²) in [5.41, 5.74) is 0. The van der Waals surface area contributed by atoms with Gasteiger partial charge < -0.3 is 0 Å². The van der Waals surface area contributed by atoms with E-state index in [1.54, 1.807) is 0 Å². The minimum atomic E-state index is 0.425. The lowest BCUT2D eigenvalue weighted by Gasteiger charge is -2.32. The molecular weight excluding hydrogens is 134 g/mol. The van der Waals surface area contributed by atoms with Gasteiger partial charge in [0, 0.05) is 12.0 Å². The molecule has 2 rings (SSSR count). The van der Waals surface area contributed by atoms with E-state index in [4.69, 9.17) is 0 Å². The van der Waals surface area contributed by atoms with Gasteiger partial charge in [0.2, 0.25) is 0 Å². The van der Waals surface area contributed by atoms with Gasteiger partial charge in [-0.15, -0.1) is 0 Å². The zero-order valence-electron chi connectivity index (χ0n) is 7.06. The van der Waals surface area contributed by atoms with Gasteiger partial charge >= 0.3 is 0 Å².